The fourth-order valence-electron chi connectivity index (χ4n) is 2.70. The van der Waals surface area contributed by atoms with Crippen LogP contribution in [0.5, 0.6) is 0 Å². The van der Waals surface area contributed by atoms with Gasteiger partial charge >= 0.3 is 0 Å². The third-order valence-corrected chi connectivity index (χ3v) is 4.73. The number of nitrogens with one attached hydrogen (secondary N) is 1. The van der Waals surface area contributed by atoms with E-state index in [1.165, 1.54) is 12.1 Å². The van der Waals surface area contributed by atoms with Crippen molar-refractivity contribution in [2.75, 3.05) is 0 Å². The monoisotopic (exact) mass is 317 g/mol. The summed E-state index contributed by atoms with van der Waals surface area (Å²) in [6.07, 6.45) is 3.95. The first-order valence-corrected chi connectivity index (χ1v) is 7.54. The van der Waals surface area contributed by atoms with Crippen LogP contribution < -0.4 is 5.32 Å². The average Bonchev–Trinajstić information content (AvgIpc) is 2.82. The van der Waals surface area contributed by atoms with Crippen molar-refractivity contribution in [2.45, 2.75) is 45.6 Å². The molecule has 20 heavy (non-hydrogen) atoms. The molecule has 1 aromatic carbocycles. The number of amides is 1. The topological polar surface area (TPSA) is 29.1 Å². The highest BCUT2D eigenvalue weighted by Crippen LogP contribution is 2.38. The van der Waals surface area contributed by atoms with Crippen LogP contribution in [-0.4, -0.2) is 5.91 Å². The van der Waals surface area contributed by atoms with Gasteiger partial charge in [0.1, 0.15) is 5.82 Å². The van der Waals surface area contributed by atoms with E-state index in [1.807, 2.05) is 6.92 Å². The van der Waals surface area contributed by atoms with Crippen LogP contribution in [0.3, 0.4) is 0 Å². The fraction of sp³-hybridized carbons (Fsp3) is 0.533. The second kappa shape index (κ2) is 5.90. The van der Waals surface area contributed by atoms with Crippen LogP contribution in [0, 0.1) is 11.2 Å². The first kappa shape index (κ1) is 15.6. The van der Waals surface area contributed by atoms with Crippen molar-refractivity contribution in [2.24, 2.45) is 5.41 Å². The van der Waals surface area contributed by atoms with Gasteiger partial charge in [0.15, 0.2) is 0 Å². The van der Waals surface area contributed by atoms with Crippen molar-refractivity contribution in [3.05, 3.63) is 33.6 Å². The molecule has 1 atom stereocenters. The van der Waals surface area contributed by atoms with Crippen molar-refractivity contribution < 1.29 is 9.18 Å². The van der Waals surface area contributed by atoms with E-state index in [4.69, 9.17) is 23.2 Å². The molecule has 2 nitrogen and oxygen atoms in total. The number of rotatable bonds is 3. The Morgan fingerprint density at radius 1 is 1.30 bits per heavy atom. The van der Waals surface area contributed by atoms with Gasteiger partial charge in [0.05, 0.1) is 11.1 Å². The van der Waals surface area contributed by atoms with Crippen molar-refractivity contribution in [1.82, 2.24) is 5.32 Å². The lowest BCUT2D eigenvalue weighted by Gasteiger charge is -2.25. The molecule has 0 aliphatic heterocycles. The summed E-state index contributed by atoms with van der Waals surface area (Å²) < 4.78 is 13.5. The van der Waals surface area contributed by atoms with Gasteiger partial charge < -0.3 is 5.32 Å². The summed E-state index contributed by atoms with van der Waals surface area (Å²) >= 11 is 11.7. The molecule has 1 saturated carbocycles. The Balaban J connectivity index is 2.14. The molecule has 1 unspecified atom stereocenters. The molecule has 0 spiro atoms. The summed E-state index contributed by atoms with van der Waals surface area (Å²) in [5.74, 6) is -0.520. The zero-order valence-corrected chi connectivity index (χ0v) is 13.1. The van der Waals surface area contributed by atoms with E-state index in [0.717, 1.165) is 25.7 Å². The van der Waals surface area contributed by atoms with E-state index in [9.17, 15) is 9.18 Å². The summed E-state index contributed by atoms with van der Waals surface area (Å²) in [5, 5.41) is 3.28. The van der Waals surface area contributed by atoms with Crippen molar-refractivity contribution in [3.63, 3.8) is 0 Å². The van der Waals surface area contributed by atoms with E-state index in [1.54, 1.807) is 6.92 Å². The average molecular weight is 318 g/mol. The number of carbonyl (C=O) groups is 1. The minimum absolute atomic E-state index is 0.00826. The molecule has 0 heterocycles. The van der Waals surface area contributed by atoms with Gasteiger partial charge in [-0.3, -0.25) is 4.79 Å². The van der Waals surface area contributed by atoms with E-state index in [0.29, 0.717) is 10.6 Å². The minimum atomic E-state index is -0.528. The first-order chi connectivity index (χ1) is 9.33. The van der Waals surface area contributed by atoms with Crippen LogP contribution in [-0.2, 0) is 4.79 Å². The number of hydrogen-bond donors (Lipinski definition) is 1. The van der Waals surface area contributed by atoms with Crippen LogP contribution in [0.1, 0.15) is 51.1 Å². The quantitative estimate of drug-likeness (QED) is 0.790. The lowest BCUT2D eigenvalue weighted by atomic mass is 9.87. The molecule has 1 amide bonds. The molecule has 1 N–H and O–H groups in total. The lowest BCUT2D eigenvalue weighted by molar-refractivity contribution is -0.130. The predicted molar refractivity (Wildman–Crippen MR) is 79.6 cm³/mol. The van der Waals surface area contributed by atoms with Gasteiger partial charge in [-0.1, -0.05) is 43.0 Å². The van der Waals surface area contributed by atoms with Gasteiger partial charge in [0, 0.05) is 10.4 Å². The highest BCUT2D eigenvalue weighted by molar-refractivity contribution is 6.35. The maximum absolute atomic E-state index is 13.5. The summed E-state index contributed by atoms with van der Waals surface area (Å²) in [6, 6.07) is 2.31. The van der Waals surface area contributed by atoms with E-state index in [-0.39, 0.29) is 22.4 Å². The van der Waals surface area contributed by atoms with Gasteiger partial charge in [0.25, 0.3) is 0 Å². The highest BCUT2D eigenvalue weighted by atomic mass is 35.5. The van der Waals surface area contributed by atoms with Gasteiger partial charge in [-0.05, 0) is 37.5 Å². The number of benzene rings is 1. The standard InChI is InChI=1S/C15H18Cl2FNO/c1-9(10-7-13(18)12(17)8-11(10)16)19-14(20)15(2)5-3-4-6-15/h7-9H,3-6H2,1-2H3,(H,19,20). The smallest absolute Gasteiger partial charge is 0.226 e. The molecule has 2 rings (SSSR count). The Bertz CT molecular complexity index is 527. The van der Waals surface area contributed by atoms with Crippen molar-refractivity contribution in [3.8, 4) is 0 Å². The molecule has 0 radical (unpaired) electrons. The molecule has 0 saturated heterocycles. The third kappa shape index (κ3) is 3.09. The van der Waals surface area contributed by atoms with Crippen LogP contribution in [0.2, 0.25) is 10.0 Å². The zero-order valence-electron chi connectivity index (χ0n) is 11.6. The number of carbonyl (C=O) groups excluding carboxylic acids is 1. The van der Waals surface area contributed by atoms with Crippen LogP contribution >= 0.6 is 23.2 Å². The summed E-state index contributed by atoms with van der Waals surface area (Å²) in [5.41, 5.74) is 0.231. The summed E-state index contributed by atoms with van der Waals surface area (Å²) in [7, 11) is 0. The molecule has 0 aromatic heterocycles. The highest BCUT2D eigenvalue weighted by Gasteiger charge is 2.36. The molecule has 0 bridgehead atoms. The first-order valence-electron chi connectivity index (χ1n) is 6.79. The van der Waals surface area contributed by atoms with Gasteiger partial charge in [0.2, 0.25) is 5.91 Å². The maximum Gasteiger partial charge on any atom is 0.226 e. The molecule has 5 heteroatoms. The van der Waals surface area contributed by atoms with E-state index < -0.39 is 5.82 Å². The molecule has 110 valence electrons. The molecular formula is C15H18Cl2FNO. The largest absolute Gasteiger partial charge is 0.349 e. The van der Waals surface area contributed by atoms with Crippen LogP contribution in [0.15, 0.2) is 12.1 Å². The van der Waals surface area contributed by atoms with Gasteiger partial charge in [-0.25, -0.2) is 4.39 Å². The van der Waals surface area contributed by atoms with Crippen LogP contribution in [0.25, 0.3) is 0 Å². The van der Waals surface area contributed by atoms with E-state index >= 15 is 0 Å². The maximum atomic E-state index is 13.5. The SMILES string of the molecule is CC(NC(=O)C1(C)CCCC1)c1cc(F)c(Cl)cc1Cl. The molecule has 1 aliphatic carbocycles. The normalized spacial score (nSPS) is 18.9. The number of halogens is 3. The lowest BCUT2D eigenvalue weighted by Crippen LogP contribution is -2.38. The Hall–Kier alpha value is -0.800. The van der Waals surface area contributed by atoms with Gasteiger partial charge in [-0.2, -0.15) is 0 Å². The summed E-state index contributed by atoms with van der Waals surface area (Å²) in [6.45, 7) is 3.77. The minimum Gasteiger partial charge on any atom is -0.349 e. The Labute approximate surface area is 128 Å². The number of hydrogen-bond acceptors (Lipinski definition) is 1. The third-order valence-electron chi connectivity index (χ3n) is 4.11. The van der Waals surface area contributed by atoms with Crippen molar-refractivity contribution in [1.29, 1.82) is 0 Å². The van der Waals surface area contributed by atoms with Gasteiger partial charge in [-0.15, -0.1) is 0 Å². The Morgan fingerprint density at radius 2 is 1.90 bits per heavy atom. The second-order valence-corrected chi connectivity index (χ2v) is 6.57. The fourth-order valence-corrected chi connectivity index (χ4v) is 3.25. The molecule has 1 fully saturated rings. The second-order valence-electron chi connectivity index (χ2n) is 5.75. The Kier molecular flexibility index (Phi) is 4.60. The van der Waals surface area contributed by atoms with Crippen molar-refractivity contribution >= 4 is 29.1 Å². The molecule has 1 aromatic rings. The summed E-state index contributed by atoms with van der Waals surface area (Å²) in [4.78, 5) is 12.3. The molecular weight excluding hydrogens is 300 g/mol. The zero-order chi connectivity index (χ0) is 14.9. The van der Waals surface area contributed by atoms with Crippen LogP contribution in [0.4, 0.5) is 4.39 Å². The molecule has 1 aliphatic rings. The predicted octanol–water partition coefficient (Wildman–Crippen LogP) is 4.89. The Morgan fingerprint density at radius 3 is 2.50 bits per heavy atom. The van der Waals surface area contributed by atoms with E-state index in [2.05, 4.69) is 5.32 Å².